The molecule has 0 spiro atoms. The van der Waals surface area contributed by atoms with Crippen molar-refractivity contribution in [1.82, 2.24) is 0 Å². The van der Waals surface area contributed by atoms with Crippen LogP contribution in [-0.4, -0.2) is 18.0 Å². The first-order valence-electron chi connectivity index (χ1n) is 2.85. The van der Waals surface area contributed by atoms with Crippen molar-refractivity contribution >= 4 is 11.8 Å². The second-order valence-electron chi connectivity index (χ2n) is 2.12. The molecule has 0 bridgehead atoms. The van der Waals surface area contributed by atoms with E-state index in [1.54, 1.807) is 0 Å². The minimum atomic E-state index is -5.33. The Bertz CT molecular complexity index is 319. The third-order valence-corrected chi connectivity index (χ3v) is 1.25. The zero-order valence-corrected chi connectivity index (χ0v) is 5.96. The maximum Gasteiger partial charge on any atom is 0.415 e. The molecule has 66 valence electrons. The van der Waals surface area contributed by atoms with E-state index in [9.17, 15) is 18.0 Å². The van der Waals surface area contributed by atoms with Gasteiger partial charge in [-0.2, -0.15) is 13.2 Å². The highest BCUT2D eigenvalue weighted by atomic mass is 19.4. The number of nitrogens with zero attached hydrogens (tertiary/aromatic N) is 3. The van der Waals surface area contributed by atoms with Crippen LogP contribution < -0.4 is 0 Å². The Morgan fingerprint density at radius 1 is 1.08 bits per heavy atom. The fourth-order valence-electron chi connectivity index (χ4n) is 0.508. The summed E-state index contributed by atoms with van der Waals surface area (Å²) in [7, 11) is 0. The first kappa shape index (κ1) is 11.0. The monoisotopic (exact) mass is 186 g/mol. The van der Waals surface area contributed by atoms with Gasteiger partial charge in [0.1, 0.15) is 5.68 Å². The van der Waals surface area contributed by atoms with Crippen LogP contribution in [0.4, 0.5) is 13.2 Å². The van der Waals surface area contributed by atoms with Crippen LogP contribution >= 0.6 is 0 Å². The van der Waals surface area contributed by atoms with Crippen molar-refractivity contribution in [2.45, 2.75) is 6.18 Å². The van der Waals surface area contributed by atoms with Gasteiger partial charge in [0.2, 0.25) is 0 Å². The van der Waals surface area contributed by atoms with Crippen LogP contribution in [0.15, 0.2) is 0 Å². The predicted molar refractivity (Wildman–Crippen MR) is 33.7 cm³/mol. The lowest BCUT2D eigenvalue weighted by molar-refractivity contribution is -0.162. The number of rotatable bonds is 1. The lowest BCUT2D eigenvalue weighted by Crippen LogP contribution is -2.49. The maximum atomic E-state index is 11.7. The first-order valence-corrected chi connectivity index (χ1v) is 2.85. The molecule has 0 aromatic rings. The third-order valence-electron chi connectivity index (χ3n) is 1.25. The van der Waals surface area contributed by atoms with Crippen LogP contribution in [0, 0.1) is 33.7 Å². The molecule has 0 rings (SSSR count). The molecular weight excluding hydrogens is 186 g/mol. The highest BCUT2D eigenvalue weighted by Gasteiger charge is 2.49. The molecule has 0 saturated heterocycles. The molecule has 8 heteroatoms. The van der Waals surface area contributed by atoms with Crippen molar-refractivity contribution in [1.29, 1.82) is 15.8 Å². The van der Waals surface area contributed by atoms with E-state index in [0.717, 1.165) is 17.9 Å². The number of carbonyl (C=O) groups is 1. The van der Waals surface area contributed by atoms with E-state index in [1.807, 2.05) is 0 Å². The van der Waals surface area contributed by atoms with Crippen LogP contribution in [0.5, 0.6) is 0 Å². The number of hydrogen-bond donors (Lipinski definition) is 0. The Kier molecular flexibility index (Phi) is 2.67. The number of carbonyl (C=O) groups excluding carboxylic acids is 1. The van der Waals surface area contributed by atoms with Crippen LogP contribution in [0.25, 0.3) is 0 Å². The highest BCUT2D eigenvalue weighted by molar-refractivity contribution is 7.21. The smallest absolute Gasteiger partial charge is 0.333 e. The average Bonchev–Trinajstić information content (AvgIpc) is 2.07. The number of nitriles is 3. The summed E-state index contributed by atoms with van der Waals surface area (Å²) in [6.07, 6.45) is -9.30. The number of halogens is 3. The van der Waals surface area contributed by atoms with Crippen molar-refractivity contribution in [3.05, 3.63) is 0 Å². The van der Waals surface area contributed by atoms with E-state index in [2.05, 4.69) is 0 Å². The number of hydrogen-bond acceptors (Lipinski definition) is 4. The quantitative estimate of drug-likeness (QED) is 0.550. The standard InChI is InChI=1S/C5BF3N3O/c7-5(8,9)4(13)6(1-10,2-11)3-12/q-1. The van der Waals surface area contributed by atoms with Crippen LogP contribution in [0.3, 0.4) is 0 Å². The molecular formula is C5BF3N3O-. The Hall–Kier alpha value is -2.01. The molecule has 4 nitrogen and oxygen atoms in total. The minimum Gasteiger partial charge on any atom is -0.333 e. The molecule has 13 heavy (non-hydrogen) atoms. The van der Waals surface area contributed by atoms with Gasteiger partial charge in [-0.05, 0) is 0 Å². The van der Waals surface area contributed by atoms with Crippen LogP contribution in [0.2, 0.25) is 0 Å². The van der Waals surface area contributed by atoms with Gasteiger partial charge in [-0.3, -0.25) is 0 Å². The summed E-state index contributed by atoms with van der Waals surface area (Å²) < 4.78 is 35.2. The Labute approximate surface area is 70.7 Å². The molecule has 0 aromatic carbocycles. The van der Waals surface area contributed by atoms with E-state index in [-0.39, 0.29) is 0 Å². The fourth-order valence-corrected chi connectivity index (χ4v) is 0.508. The fraction of sp³-hybridized carbons (Fsp3) is 0.200. The van der Waals surface area contributed by atoms with Gasteiger partial charge in [-0.25, -0.2) is 15.8 Å². The molecule has 0 aliphatic carbocycles. The first-order chi connectivity index (χ1) is 5.84. The van der Waals surface area contributed by atoms with Gasteiger partial charge in [-0.15, -0.1) is 17.9 Å². The highest BCUT2D eigenvalue weighted by Crippen LogP contribution is 2.21. The molecule has 0 radical (unpaired) electrons. The minimum absolute atomic E-state index is 0.792. The largest absolute Gasteiger partial charge is 0.415 e. The molecule has 0 saturated carbocycles. The van der Waals surface area contributed by atoms with Crippen molar-refractivity contribution in [2.75, 3.05) is 0 Å². The second-order valence-corrected chi connectivity index (χ2v) is 2.12. The van der Waals surface area contributed by atoms with Gasteiger partial charge < -0.3 is 4.79 Å². The molecule has 0 amide bonds. The van der Waals surface area contributed by atoms with Crippen molar-refractivity contribution < 1.29 is 18.0 Å². The van der Waals surface area contributed by atoms with Gasteiger partial charge in [-0.1, -0.05) is 0 Å². The third kappa shape index (κ3) is 1.77. The Morgan fingerprint density at radius 2 is 1.38 bits per heavy atom. The van der Waals surface area contributed by atoms with E-state index >= 15 is 0 Å². The van der Waals surface area contributed by atoms with E-state index in [0.29, 0.717) is 0 Å². The molecule has 0 atom stereocenters. The van der Waals surface area contributed by atoms with Gasteiger partial charge >= 0.3 is 12.3 Å². The molecule has 0 aliphatic heterocycles. The molecule has 0 heterocycles. The van der Waals surface area contributed by atoms with Crippen molar-refractivity contribution in [2.24, 2.45) is 0 Å². The van der Waals surface area contributed by atoms with Crippen LogP contribution in [0.1, 0.15) is 0 Å². The topological polar surface area (TPSA) is 88.4 Å². The second kappa shape index (κ2) is 3.16. The molecule has 0 aliphatic rings. The Morgan fingerprint density at radius 3 is 1.46 bits per heavy atom. The molecule has 0 unspecified atom stereocenters. The zero-order chi connectivity index (χ0) is 10.7. The Balaban J connectivity index is 5.33. The van der Waals surface area contributed by atoms with Gasteiger partial charge in [0.15, 0.2) is 0 Å². The molecule has 0 N–H and O–H groups in total. The summed E-state index contributed by atoms with van der Waals surface area (Å²) in [6.45, 7) is 0. The SMILES string of the molecule is N#C[B-](C#N)(C#N)C(=O)C(F)(F)F. The van der Waals surface area contributed by atoms with E-state index in [4.69, 9.17) is 15.8 Å². The lowest BCUT2D eigenvalue weighted by atomic mass is 9.26. The van der Waals surface area contributed by atoms with Crippen molar-refractivity contribution in [3.63, 3.8) is 0 Å². The molecule has 0 aromatic heterocycles. The molecule has 0 fully saturated rings. The van der Waals surface area contributed by atoms with Gasteiger partial charge in [0.25, 0.3) is 0 Å². The average molecular weight is 186 g/mol. The summed E-state index contributed by atoms with van der Waals surface area (Å²) in [4.78, 5) is 10.4. The number of alkyl halides is 3. The lowest BCUT2D eigenvalue weighted by Gasteiger charge is -2.16. The maximum absolute atomic E-state index is 11.7. The van der Waals surface area contributed by atoms with E-state index in [1.165, 1.54) is 0 Å². The van der Waals surface area contributed by atoms with Gasteiger partial charge in [0.05, 0.1) is 0 Å². The summed E-state index contributed by atoms with van der Waals surface area (Å²) in [5.74, 6) is 2.38. The summed E-state index contributed by atoms with van der Waals surface area (Å²) in [6, 6.07) is 0. The van der Waals surface area contributed by atoms with Crippen LogP contribution in [-0.2, 0) is 4.79 Å². The van der Waals surface area contributed by atoms with Crippen molar-refractivity contribution in [3.8, 4) is 17.9 Å². The van der Waals surface area contributed by atoms with E-state index < -0.39 is 18.0 Å². The normalized spacial score (nSPS) is 10.8. The summed E-state index contributed by atoms with van der Waals surface area (Å²) in [5.41, 5.74) is -2.60. The van der Waals surface area contributed by atoms with Gasteiger partial charge in [0, 0.05) is 0 Å². The summed E-state index contributed by atoms with van der Waals surface area (Å²) in [5, 5.41) is 24.4. The predicted octanol–water partition coefficient (Wildman–Crippen LogP) is 0.294. The zero-order valence-electron chi connectivity index (χ0n) is 5.96. The summed E-state index contributed by atoms with van der Waals surface area (Å²) >= 11 is 0.